The van der Waals surface area contributed by atoms with Crippen LogP contribution in [0.3, 0.4) is 0 Å². The topological polar surface area (TPSA) is 51.1 Å². The summed E-state index contributed by atoms with van der Waals surface area (Å²) in [5.74, 6) is -0.0411. The maximum Gasteiger partial charge on any atom is 0.307 e. The maximum absolute atomic E-state index is 12.0. The van der Waals surface area contributed by atoms with E-state index in [0.717, 1.165) is 11.3 Å². The molecule has 1 aromatic heterocycles. The first-order valence-corrected chi connectivity index (χ1v) is 7.86. The largest absolute Gasteiger partial charge is 0.350 e. The van der Waals surface area contributed by atoms with Crippen LogP contribution in [0.2, 0.25) is 0 Å². The molecular formula is C16H20N2O2S. The van der Waals surface area contributed by atoms with Gasteiger partial charge in [-0.2, -0.15) is 0 Å². The van der Waals surface area contributed by atoms with Gasteiger partial charge in [0.15, 0.2) is 0 Å². The first-order chi connectivity index (χ1) is 9.97. The smallest absolute Gasteiger partial charge is 0.307 e. The second-order valence-corrected chi connectivity index (χ2v) is 6.07. The molecule has 0 spiro atoms. The molecule has 4 nitrogen and oxygen atoms in total. The fraction of sp³-hybridized carbons (Fsp3) is 0.375. The number of thiazole rings is 1. The SMILES string of the molecule is Cc1ccc(C(C)NC(=O)CCn2c(C)csc2=O)cc1. The molecule has 0 aliphatic rings. The summed E-state index contributed by atoms with van der Waals surface area (Å²) in [4.78, 5) is 23.6. The standard InChI is InChI=1S/C16H20N2O2S/c1-11-4-6-14(7-5-11)13(3)17-15(19)8-9-18-12(2)10-21-16(18)20/h4-7,10,13H,8-9H2,1-3H3,(H,17,19). The molecule has 0 saturated carbocycles. The van der Waals surface area contributed by atoms with Crippen LogP contribution in [0.25, 0.3) is 0 Å². The lowest BCUT2D eigenvalue weighted by molar-refractivity contribution is -0.121. The number of amides is 1. The number of aryl methyl sites for hydroxylation is 2. The van der Waals surface area contributed by atoms with Crippen molar-refractivity contribution in [2.45, 2.75) is 39.8 Å². The van der Waals surface area contributed by atoms with Gasteiger partial charge in [0.25, 0.3) is 0 Å². The zero-order valence-corrected chi connectivity index (χ0v) is 13.4. The van der Waals surface area contributed by atoms with Gasteiger partial charge in [-0.3, -0.25) is 9.59 Å². The van der Waals surface area contributed by atoms with E-state index in [1.807, 2.05) is 50.4 Å². The second-order valence-electron chi connectivity index (χ2n) is 5.24. The predicted molar refractivity (Wildman–Crippen MR) is 85.7 cm³/mol. The molecule has 0 fully saturated rings. The van der Waals surface area contributed by atoms with Crippen LogP contribution in [0.4, 0.5) is 0 Å². The zero-order valence-electron chi connectivity index (χ0n) is 12.6. The third-order valence-electron chi connectivity index (χ3n) is 3.49. The number of hydrogen-bond acceptors (Lipinski definition) is 3. The number of benzene rings is 1. The van der Waals surface area contributed by atoms with Crippen molar-refractivity contribution in [3.8, 4) is 0 Å². The fourth-order valence-electron chi connectivity index (χ4n) is 2.14. The lowest BCUT2D eigenvalue weighted by Gasteiger charge is -2.15. The Bertz CT molecular complexity index is 670. The minimum atomic E-state index is -0.0411. The first-order valence-electron chi connectivity index (χ1n) is 6.98. The fourth-order valence-corrected chi connectivity index (χ4v) is 2.90. The van der Waals surface area contributed by atoms with E-state index in [0.29, 0.717) is 13.0 Å². The number of aromatic nitrogens is 1. The third kappa shape index (κ3) is 4.04. The molecule has 112 valence electrons. The lowest BCUT2D eigenvalue weighted by Crippen LogP contribution is -2.28. The lowest BCUT2D eigenvalue weighted by atomic mass is 10.1. The van der Waals surface area contributed by atoms with Gasteiger partial charge < -0.3 is 9.88 Å². The van der Waals surface area contributed by atoms with E-state index < -0.39 is 0 Å². The van der Waals surface area contributed by atoms with Crippen molar-refractivity contribution >= 4 is 17.2 Å². The molecule has 1 amide bonds. The van der Waals surface area contributed by atoms with Crippen LogP contribution in [0, 0.1) is 13.8 Å². The molecule has 2 rings (SSSR count). The minimum Gasteiger partial charge on any atom is -0.350 e. The molecule has 0 aliphatic carbocycles. The zero-order chi connectivity index (χ0) is 15.4. The number of nitrogens with zero attached hydrogens (tertiary/aromatic N) is 1. The van der Waals surface area contributed by atoms with Crippen molar-refractivity contribution in [2.75, 3.05) is 0 Å². The molecule has 2 aromatic rings. The molecular weight excluding hydrogens is 284 g/mol. The molecule has 1 atom stereocenters. The molecule has 0 bridgehead atoms. The van der Waals surface area contributed by atoms with Gasteiger partial charge in [-0.15, -0.1) is 0 Å². The number of carbonyl (C=O) groups is 1. The quantitative estimate of drug-likeness (QED) is 0.923. The molecule has 21 heavy (non-hydrogen) atoms. The average molecular weight is 304 g/mol. The summed E-state index contributed by atoms with van der Waals surface area (Å²) in [7, 11) is 0. The number of carbonyl (C=O) groups excluding carboxylic acids is 1. The Morgan fingerprint density at radius 3 is 2.52 bits per heavy atom. The number of rotatable bonds is 5. The van der Waals surface area contributed by atoms with Crippen LogP contribution in [-0.2, 0) is 11.3 Å². The predicted octanol–water partition coefficient (Wildman–Crippen LogP) is 2.79. The van der Waals surface area contributed by atoms with E-state index in [9.17, 15) is 9.59 Å². The van der Waals surface area contributed by atoms with Crippen LogP contribution in [0.1, 0.15) is 36.2 Å². The Morgan fingerprint density at radius 1 is 1.29 bits per heavy atom. The summed E-state index contributed by atoms with van der Waals surface area (Å²) >= 11 is 1.17. The summed E-state index contributed by atoms with van der Waals surface area (Å²) in [6, 6.07) is 8.08. The van der Waals surface area contributed by atoms with E-state index in [1.54, 1.807) is 4.57 Å². The highest BCUT2D eigenvalue weighted by molar-refractivity contribution is 7.07. The third-order valence-corrected chi connectivity index (χ3v) is 4.37. The summed E-state index contributed by atoms with van der Waals surface area (Å²) in [6.45, 7) is 6.31. The number of nitrogens with one attached hydrogen (secondary N) is 1. The van der Waals surface area contributed by atoms with E-state index in [2.05, 4.69) is 5.32 Å². The van der Waals surface area contributed by atoms with Crippen LogP contribution in [0.5, 0.6) is 0 Å². The highest BCUT2D eigenvalue weighted by atomic mass is 32.1. The Balaban J connectivity index is 1.90. The Kier molecular flexibility index (Phi) is 4.96. The van der Waals surface area contributed by atoms with Crippen LogP contribution < -0.4 is 10.2 Å². The molecule has 0 aliphatic heterocycles. The van der Waals surface area contributed by atoms with Crippen molar-refractivity contribution in [1.82, 2.24) is 9.88 Å². The second kappa shape index (κ2) is 6.72. The highest BCUT2D eigenvalue weighted by Crippen LogP contribution is 2.13. The van der Waals surface area contributed by atoms with Crippen molar-refractivity contribution in [1.29, 1.82) is 0 Å². The van der Waals surface area contributed by atoms with E-state index in [4.69, 9.17) is 0 Å². The van der Waals surface area contributed by atoms with Gasteiger partial charge in [-0.25, -0.2) is 0 Å². The maximum atomic E-state index is 12.0. The first kappa shape index (κ1) is 15.5. The van der Waals surface area contributed by atoms with Gasteiger partial charge in [0, 0.05) is 24.0 Å². The van der Waals surface area contributed by atoms with Crippen LogP contribution in [0.15, 0.2) is 34.4 Å². The summed E-state index contributed by atoms with van der Waals surface area (Å²) in [6.07, 6.45) is 0.313. The molecule has 0 radical (unpaired) electrons. The minimum absolute atomic E-state index is 0.00752. The number of hydrogen-bond donors (Lipinski definition) is 1. The average Bonchev–Trinajstić information content (AvgIpc) is 2.76. The van der Waals surface area contributed by atoms with Gasteiger partial charge in [0.05, 0.1) is 6.04 Å². The van der Waals surface area contributed by atoms with E-state index in [-0.39, 0.29) is 16.8 Å². The Hall–Kier alpha value is -1.88. The molecule has 0 saturated heterocycles. The molecule has 1 heterocycles. The van der Waals surface area contributed by atoms with Gasteiger partial charge in [0.2, 0.25) is 5.91 Å². The van der Waals surface area contributed by atoms with Gasteiger partial charge >= 0.3 is 4.87 Å². The van der Waals surface area contributed by atoms with Gasteiger partial charge in [-0.05, 0) is 26.3 Å². The normalized spacial score (nSPS) is 12.1. The van der Waals surface area contributed by atoms with Crippen LogP contribution >= 0.6 is 11.3 Å². The monoisotopic (exact) mass is 304 g/mol. The van der Waals surface area contributed by atoms with E-state index >= 15 is 0 Å². The van der Waals surface area contributed by atoms with Crippen molar-refractivity contribution < 1.29 is 4.79 Å². The van der Waals surface area contributed by atoms with Gasteiger partial charge in [-0.1, -0.05) is 41.2 Å². The van der Waals surface area contributed by atoms with Crippen molar-refractivity contribution in [3.05, 3.63) is 56.1 Å². The van der Waals surface area contributed by atoms with E-state index in [1.165, 1.54) is 16.9 Å². The summed E-state index contributed by atoms with van der Waals surface area (Å²) < 4.78 is 1.64. The van der Waals surface area contributed by atoms with Crippen molar-refractivity contribution in [2.24, 2.45) is 0 Å². The Morgan fingerprint density at radius 2 is 1.95 bits per heavy atom. The summed E-state index contributed by atoms with van der Waals surface area (Å²) in [5.41, 5.74) is 3.19. The molecule has 1 N–H and O–H groups in total. The molecule has 5 heteroatoms. The molecule has 1 unspecified atom stereocenters. The highest BCUT2D eigenvalue weighted by Gasteiger charge is 2.10. The molecule has 1 aromatic carbocycles. The Labute approximate surface area is 128 Å². The summed E-state index contributed by atoms with van der Waals surface area (Å²) in [5, 5.41) is 4.78. The van der Waals surface area contributed by atoms with Crippen molar-refractivity contribution in [3.63, 3.8) is 0 Å². The van der Waals surface area contributed by atoms with Crippen LogP contribution in [-0.4, -0.2) is 10.5 Å². The van der Waals surface area contributed by atoms with Gasteiger partial charge in [0.1, 0.15) is 0 Å².